The fourth-order valence-corrected chi connectivity index (χ4v) is 5.46. The van der Waals surface area contributed by atoms with E-state index in [0.29, 0.717) is 12.5 Å². The van der Waals surface area contributed by atoms with Gasteiger partial charge in [0, 0.05) is 18.7 Å². The van der Waals surface area contributed by atoms with Gasteiger partial charge in [-0.15, -0.1) is 10.2 Å². The van der Waals surface area contributed by atoms with Crippen LogP contribution in [0.4, 0.5) is 5.69 Å². The number of aryl methyl sites for hydroxylation is 3. The van der Waals surface area contributed by atoms with Gasteiger partial charge in [-0.25, -0.2) is 0 Å². The van der Waals surface area contributed by atoms with Crippen molar-refractivity contribution in [3.63, 3.8) is 0 Å². The average molecular weight is 484 g/mol. The van der Waals surface area contributed by atoms with Crippen LogP contribution in [0.2, 0.25) is 0 Å². The molecule has 1 unspecified atom stereocenters. The number of aliphatic hydroxyl groups is 1. The Kier molecular flexibility index (Phi) is 7.00. The first kappa shape index (κ1) is 24.0. The standard InChI is InChI=1S/C29H33N5O2/c1-18-13-25(36-12-11-35)14-19(2)29(18)26-6-4-5-23(20(26)3)17-30-24-9-10-27-21(15-24)7-8-22(27)16-28-31-33-34-32-28/h4-6,9-10,13-15,22,30,35H,7-8,11-12,16-17H2,1-3H3,(H,31,32,33,34). The van der Waals surface area contributed by atoms with Gasteiger partial charge in [0.05, 0.1) is 6.61 Å². The van der Waals surface area contributed by atoms with Crippen molar-refractivity contribution in [2.24, 2.45) is 0 Å². The number of hydrogen-bond donors (Lipinski definition) is 3. The van der Waals surface area contributed by atoms with Crippen LogP contribution in [0, 0.1) is 20.8 Å². The molecule has 0 amide bonds. The van der Waals surface area contributed by atoms with E-state index in [0.717, 1.165) is 43.1 Å². The molecule has 0 fully saturated rings. The van der Waals surface area contributed by atoms with Crippen molar-refractivity contribution in [2.75, 3.05) is 18.5 Å². The van der Waals surface area contributed by atoms with Gasteiger partial charge < -0.3 is 15.2 Å². The number of ether oxygens (including phenoxy) is 1. The second-order valence-electron chi connectivity index (χ2n) is 9.63. The van der Waals surface area contributed by atoms with Gasteiger partial charge in [0.25, 0.3) is 0 Å². The number of H-pyrrole nitrogens is 1. The lowest BCUT2D eigenvalue weighted by molar-refractivity contribution is 0.201. The highest BCUT2D eigenvalue weighted by Crippen LogP contribution is 2.37. The van der Waals surface area contributed by atoms with Gasteiger partial charge in [-0.1, -0.05) is 29.5 Å². The number of aromatic nitrogens is 4. The van der Waals surface area contributed by atoms with Crippen molar-refractivity contribution >= 4 is 5.69 Å². The minimum absolute atomic E-state index is 0.0130. The molecule has 0 radical (unpaired) electrons. The fraction of sp³-hybridized carbons (Fsp3) is 0.345. The normalized spacial score (nSPS) is 14.6. The summed E-state index contributed by atoms with van der Waals surface area (Å²) in [5.74, 6) is 2.04. The minimum Gasteiger partial charge on any atom is -0.491 e. The van der Waals surface area contributed by atoms with Crippen molar-refractivity contribution in [3.8, 4) is 16.9 Å². The molecule has 1 atom stereocenters. The molecule has 1 heterocycles. The molecule has 0 bridgehead atoms. The van der Waals surface area contributed by atoms with Gasteiger partial charge in [-0.2, -0.15) is 5.21 Å². The van der Waals surface area contributed by atoms with Crippen molar-refractivity contribution in [2.45, 2.75) is 52.5 Å². The summed E-state index contributed by atoms with van der Waals surface area (Å²) in [4.78, 5) is 0. The van der Waals surface area contributed by atoms with Crippen LogP contribution in [0.5, 0.6) is 5.75 Å². The Morgan fingerprint density at radius 3 is 2.67 bits per heavy atom. The SMILES string of the molecule is Cc1cc(OCCO)cc(C)c1-c1cccc(CNc2ccc3c(c2)CCC3Cc2nn[nH]n2)c1C. The van der Waals surface area contributed by atoms with Gasteiger partial charge in [-0.05, 0) is 108 Å². The Morgan fingerprint density at radius 1 is 1.08 bits per heavy atom. The number of anilines is 1. The van der Waals surface area contributed by atoms with E-state index < -0.39 is 0 Å². The fourth-order valence-electron chi connectivity index (χ4n) is 5.46. The first-order chi connectivity index (χ1) is 17.5. The Labute approximate surface area is 211 Å². The molecule has 7 heteroatoms. The number of nitrogens with one attached hydrogen (secondary N) is 2. The monoisotopic (exact) mass is 483 g/mol. The highest BCUT2D eigenvalue weighted by molar-refractivity contribution is 5.75. The molecule has 7 nitrogen and oxygen atoms in total. The maximum absolute atomic E-state index is 9.06. The third kappa shape index (κ3) is 4.97. The summed E-state index contributed by atoms with van der Waals surface area (Å²) < 4.78 is 5.64. The number of aliphatic hydroxyl groups excluding tert-OH is 1. The summed E-state index contributed by atoms with van der Waals surface area (Å²) in [6, 6.07) is 17.4. The topological polar surface area (TPSA) is 96.0 Å². The van der Waals surface area contributed by atoms with Crippen LogP contribution in [-0.4, -0.2) is 38.9 Å². The maximum atomic E-state index is 9.06. The van der Waals surface area contributed by atoms with Gasteiger partial charge >= 0.3 is 0 Å². The number of benzene rings is 3. The highest BCUT2D eigenvalue weighted by atomic mass is 16.5. The Bertz CT molecular complexity index is 1330. The van der Waals surface area contributed by atoms with Crippen molar-refractivity contribution in [1.29, 1.82) is 0 Å². The van der Waals surface area contributed by atoms with E-state index in [1.165, 1.54) is 44.5 Å². The number of aromatic amines is 1. The highest BCUT2D eigenvalue weighted by Gasteiger charge is 2.24. The van der Waals surface area contributed by atoms with Crippen LogP contribution in [-0.2, 0) is 19.4 Å². The molecule has 1 aliphatic rings. The summed E-state index contributed by atoms with van der Waals surface area (Å²) >= 11 is 0. The molecular formula is C29H33N5O2. The number of fused-ring (bicyclic) bond motifs is 1. The molecule has 4 aromatic rings. The zero-order valence-corrected chi connectivity index (χ0v) is 21.1. The van der Waals surface area contributed by atoms with Crippen molar-refractivity contribution in [3.05, 3.63) is 87.7 Å². The zero-order chi connectivity index (χ0) is 25.1. The molecule has 1 aliphatic carbocycles. The lowest BCUT2D eigenvalue weighted by Gasteiger charge is -2.18. The van der Waals surface area contributed by atoms with Crippen LogP contribution < -0.4 is 10.1 Å². The predicted octanol–water partition coefficient (Wildman–Crippen LogP) is 5.05. The van der Waals surface area contributed by atoms with E-state index in [-0.39, 0.29) is 6.61 Å². The average Bonchev–Trinajstić information content (AvgIpc) is 3.53. The van der Waals surface area contributed by atoms with Gasteiger partial charge in [0.2, 0.25) is 0 Å². The van der Waals surface area contributed by atoms with Gasteiger partial charge in [-0.3, -0.25) is 0 Å². The third-order valence-electron chi connectivity index (χ3n) is 7.23. The van der Waals surface area contributed by atoms with E-state index in [9.17, 15) is 0 Å². The smallest absolute Gasteiger partial charge is 0.175 e. The second-order valence-corrected chi connectivity index (χ2v) is 9.63. The number of nitrogens with zero attached hydrogens (tertiary/aromatic N) is 3. The molecule has 186 valence electrons. The van der Waals surface area contributed by atoms with E-state index in [1.54, 1.807) is 0 Å². The molecule has 3 N–H and O–H groups in total. The lowest BCUT2D eigenvalue weighted by atomic mass is 9.90. The van der Waals surface area contributed by atoms with E-state index in [4.69, 9.17) is 9.84 Å². The number of tetrazole rings is 1. The Balaban J connectivity index is 1.31. The van der Waals surface area contributed by atoms with E-state index >= 15 is 0 Å². The summed E-state index contributed by atoms with van der Waals surface area (Å²) in [5, 5.41) is 27.2. The van der Waals surface area contributed by atoms with Crippen molar-refractivity contribution < 1.29 is 9.84 Å². The second kappa shape index (κ2) is 10.5. The predicted molar refractivity (Wildman–Crippen MR) is 141 cm³/mol. The molecule has 0 saturated heterocycles. The molecule has 36 heavy (non-hydrogen) atoms. The first-order valence-corrected chi connectivity index (χ1v) is 12.6. The zero-order valence-electron chi connectivity index (χ0n) is 21.1. The molecule has 0 spiro atoms. The molecule has 1 aromatic heterocycles. The Morgan fingerprint density at radius 2 is 1.92 bits per heavy atom. The first-order valence-electron chi connectivity index (χ1n) is 12.6. The largest absolute Gasteiger partial charge is 0.491 e. The van der Waals surface area contributed by atoms with Crippen molar-refractivity contribution in [1.82, 2.24) is 20.6 Å². The number of rotatable bonds is 9. The maximum Gasteiger partial charge on any atom is 0.175 e. The van der Waals surface area contributed by atoms with E-state index in [2.05, 4.69) is 95.2 Å². The summed E-state index contributed by atoms with van der Waals surface area (Å²) in [6.45, 7) is 7.52. The molecular weight excluding hydrogens is 450 g/mol. The Hall–Kier alpha value is -3.71. The number of hydrogen-bond acceptors (Lipinski definition) is 6. The minimum atomic E-state index is 0.0130. The quantitative estimate of drug-likeness (QED) is 0.308. The van der Waals surface area contributed by atoms with E-state index in [1.807, 2.05) is 0 Å². The summed E-state index contributed by atoms with van der Waals surface area (Å²) in [6.07, 6.45) is 3.03. The van der Waals surface area contributed by atoms with Crippen LogP contribution in [0.25, 0.3) is 11.1 Å². The van der Waals surface area contributed by atoms with Crippen LogP contribution in [0.15, 0.2) is 48.5 Å². The lowest BCUT2D eigenvalue weighted by Crippen LogP contribution is -2.05. The third-order valence-corrected chi connectivity index (χ3v) is 7.23. The molecule has 5 rings (SSSR count). The van der Waals surface area contributed by atoms with Crippen LogP contribution in [0.1, 0.15) is 51.5 Å². The molecule has 0 aliphatic heterocycles. The van der Waals surface area contributed by atoms with Gasteiger partial charge in [0.1, 0.15) is 12.4 Å². The van der Waals surface area contributed by atoms with Crippen LogP contribution in [0.3, 0.4) is 0 Å². The summed E-state index contributed by atoms with van der Waals surface area (Å²) in [7, 11) is 0. The van der Waals surface area contributed by atoms with Gasteiger partial charge in [0.15, 0.2) is 5.82 Å². The molecule has 3 aromatic carbocycles. The molecule has 0 saturated carbocycles. The van der Waals surface area contributed by atoms with Crippen LogP contribution >= 0.6 is 0 Å². The summed E-state index contributed by atoms with van der Waals surface area (Å²) in [5.41, 5.74) is 11.4.